The fraction of sp³-hybridized carbons (Fsp3) is 0.222. The number of rotatable bonds is 6. The fourth-order valence-electron chi connectivity index (χ4n) is 2.42. The molecule has 1 N–H and O–H groups in total. The van der Waals surface area contributed by atoms with Gasteiger partial charge < -0.3 is 18.9 Å². The second kappa shape index (κ2) is 7.14. The average Bonchev–Trinajstić information content (AvgIpc) is 3.26. The molecule has 2 heterocycles. The van der Waals surface area contributed by atoms with E-state index in [9.17, 15) is 9.90 Å². The average molecular weight is 326 g/mol. The molecule has 0 aliphatic heterocycles. The monoisotopic (exact) mass is 326 g/mol. The maximum atomic E-state index is 12.7. The summed E-state index contributed by atoms with van der Waals surface area (Å²) in [6.45, 7) is 2.18. The number of furan rings is 1. The summed E-state index contributed by atoms with van der Waals surface area (Å²) >= 11 is 0. The van der Waals surface area contributed by atoms with Gasteiger partial charge in [0, 0.05) is 12.6 Å². The van der Waals surface area contributed by atoms with Crippen molar-refractivity contribution < 1.29 is 18.8 Å². The third-order valence-corrected chi connectivity index (χ3v) is 3.61. The van der Waals surface area contributed by atoms with E-state index in [1.54, 1.807) is 25.1 Å². The van der Waals surface area contributed by atoms with E-state index < -0.39 is 6.10 Å². The zero-order valence-electron chi connectivity index (χ0n) is 13.3. The standard InChI is InChI=1S/C18H18N2O4/c1-13-10-17(24-19-13)18(22)20(11-14-6-3-2-4-7-14)12-15(21)16-8-5-9-23-16/h2-10,15,21H,11-12H2,1H3. The van der Waals surface area contributed by atoms with Crippen LogP contribution in [0.4, 0.5) is 0 Å². The number of nitrogens with zero attached hydrogens (tertiary/aromatic N) is 2. The number of aromatic nitrogens is 1. The Balaban J connectivity index is 1.81. The topological polar surface area (TPSA) is 79.7 Å². The molecule has 6 nitrogen and oxygen atoms in total. The molecule has 1 aromatic carbocycles. The van der Waals surface area contributed by atoms with Crippen LogP contribution >= 0.6 is 0 Å². The van der Waals surface area contributed by atoms with Gasteiger partial charge in [0.2, 0.25) is 5.76 Å². The van der Waals surface area contributed by atoms with Crippen molar-refractivity contribution in [2.24, 2.45) is 0 Å². The predicted octanol–water partition coefficient (Wildman–Crippen LogP) is 2.95. The summed E-state index contributed by atoms with van der Waals surface area (Å²) in [6.07, 6.45) is 0.568. The lowest BCUT2D eigenvalue weighted by molar-refractivity contribution is 0.0527. The number of carbonyl (C=O) groups is 1. The third kappa shape index (κ3) is 3.72. The van der Waals surface area contributed by atoms with Gasteiger partial charge in [-0.25, -0.2) is 0 Å². The molecule has 6 heteroatoms. The van der Waals surface area contributed by atoms with E-state index in [1.165, 1.54) is 11.2 Å². The van der Waals surface area contributed by atoms with Crippen molar-refractivity contribution in [2.75, 3.05) is 6.54 Å². The number of aliphatic hydroxyl groups is 1. The molecule has 3 aromatic rings. The lowest BCUT2D eigenvalue weighted by Gasteiger charge is -2.23. The quantitative estimate of drug-likeness (QED) is 0.753. The van der Waals surface area contributed by atoms with Gasteiger partial charge in [-0.3, -0.25) is 4.79 Å². The van der Waals surface area contributed by atoms with Gasteiger partial charge in [0.25, 0.3) is 5.91 Å². The largest absolute Gasteiger partial charge is 0.467 e. The van der Waals surface area contributed by atoms with Crippen molar-refractivity contribution in [1.29, 1.82) is 0 Å². The molecule has 0 aliphatic rings. The van der Waals surface area contributed by atoms with Crippen LogP contribution in [0.1, 0.15) is 33.7 Å². The smallest absolute Gasteiger partial charge is 0.292 e. The first-order valence-electron chi connectivity index (χ1n) is 7.61. The Morgan fingerprint density at radius 2 is 2.04 bits per heavy atom. The van der Waals surface area contributed by atoms with Gasteiger partial charge in [0.15, 0.2) is 0 Å². The van der Waals surface area contributed by atoms with E-state index in [-0.39, 0.29) is 18.2 Å². The van der Waals surface area contributed by atoms with Crippen molar-refractivity contribution in [3.63, 3.8) is 0 Å². The molecular weight excluding hydrogens is 308 g/mol. The molecule has 0 radical (unpaired) electrons. The lowest BCUT2D eigenvalue weighted by atomic mass is 10.1. The molecule has 0 spiro atoms. The van der Waals surface area contributed by atoms with Crippen LogP contribution in [0.25, 0.3) is 0 Å². The van der Waals surface area contributed by atoms with Crippen LogP contribution in [0.3, 0.4) is 0 Å². The molecule has 3 rings (SSSR count). The maximum Gasteiger partial charge on any atom is 0.292 e. The number of hydrogen-bond acceptors (Lipinski definition) is 5. The van der Waals surface area contributed by atoms with Gasteiger partial charge >= 0.3 is 0 Å². The first-order valence-corrected chi connectivity index (χ1v) is 7.61. The number of benzene rings is 1. The van der Waals surface area contributed by atoms with Crippen molar-refractivity contribution in [2.45, 2.75) is 19.6 Å². The van der Waals surface area contributed by atoms with Crippen LogP contribution in [-0.2, 0) is 6.54 Å². The molecular formula is C18H18N2O4. The molecule has 0 fully saturated rings. The van der Waals surface area contributed by atoms with Gasteiger partial charge in [0.05, 0.1) is 18.5 Å². The lowest BCUT2D eigenvalue weighted by Crippen LogP contribution is -2.34. The Morgan fingerprint density at radius 1 is 1.25 bits per heavy atom. The summed E-state index contributed by atoms with van der Waals surface area (Å²) in [5.74, 6) is 0.231. The summed E-state index contributed by atoms with van der Waals surface area (Å²) in [6, 6.07) is 14.5. The van der Waals surface area contributed by atoms with Crippen LogP contribution < -0.4 is 0 Å². The molecule has 0 saturated heterocycles. The molecule has 2 aromatic heterocycles. The minimum Gasteiger partial charge on any atom is -0.467 e. The Kier molecular flexibility index (Phi) is 4.77. The highest BCUT2D eigenvalue weighted by molar-refractivity contribution is 5.91. The Labute approximate surface area is 139 Å². The molecule has 1 amide bonds. The normalized spacial score (nSPS) is 12.1. The van der Waals surface area contributed by atoms with Gasteiger partial charge in [-0.05, 0) is 24.6 Å². The second-order valence-electron chi connectivity index (χ2n) is 5.54. The van der Waals surface area contributed by atoms with Crippen LogP contribution in [-0.4, -0.2) is 27.6 Å². The highest BCUT2D eigenvalue weighted by Crippen LogP contribution is 2.18. The van der Waals surface area contributed by atoms with E-state index in [4.69, 9.17) is 8.94 Å². The van der Waals surface area contributed by atoms with Gasteiger partial charge in [-0.1, -0.05) is 35.5 Å². The highest BCUT2D eigenvalue weighted by atomic mass is 16.5. The molecule has 124 valence electrons. The SMILES string of the molecule is Cc1cc(C(=O)N(Cc2ccccc2)CC(O)c2ccco2)on1. The fourth-order valence-corrected chi connectivity index (χ4v) is 2.42. The van der Waals surface area contributed by atoms with E-state index in [1.807, 2.05) is 30.3 Å². The highest BCUT2D eigenvalue weighted by Gasteiger charge is 2.24. The molecule has 24 heavy (non-hydrogen) atoms. The molecule has 0 aliphatic carbocycles. The maximum absolute atomic E-state index is 12.7. The summed E-state index contributed by atoms with van der Waals surface area (Å²) in [5, 5.41) is 14.1. The summed E-state index contributed by atoms with van der Waals surface area (Å²) < 4.78 is 10.3. The van der Waals surface area contributed by atoms with E-state index >= 15 is 0 Å². The van der Waals surface area contributed by atoms with Crippen LogP contribution in [0.15, 0.2) is 63.7 Å². The van der Waals surface area contributed by atoms with Gasteiger partial charge in [-0.2, -0.15) is 0 Å². The van der Waals surface area contributed by atoms with Crippen molar-refractivity contribution >= 4 is 5.91 Å². The van der Waals surface area contributed by atoms with Crippen LogP contribution in [0.5, 0.6) is 0 Å². The Hall–Kier alpha value is -2.86. The molecule has 0 bridgehead atoms. The zero-order valence-corrected chi connectivity index (χ0v) is 13.3. The third-order valence-electron chi connectivity index (χ3n) is 3.61. The minimum atomic E-state index is -0.920. The van der Waals surface area contributed by atoms with Crippen molar-refractivity contribution in [3.8, 4) is 0 Å². The van der Waals surface area contributed by atoms with Gasteiger partial charge in [0.1, 0.15) is 11.9 Å². The minimum absolute atomic E-state index is 0.0843. The summed E-state index contributed by atoms with van der Waals surface area (Å²) in [5.41, 5.74) is 1.58. The Bertz CT molecular complexity index is 780. The van der Waals surface area contributed by atoms with E-state index in [0.717, 1.165) is 5.56 Å². The first-order chi connectivity index (χ1) is 11.6. The Morgan fingerprint density at radius 3 is 2.67 bits per heavy atom. The van der Waals surface area contributed by atoms with Crippen molar-refractivity contribution in [3.05, 3.63) is 77.6 Å². The molecule has 0 saturated carbocycles. The van der Waals surface area contributed by atoms with Gasteiger partial charge in [-0.15, -0.1) is 0 Å². The van der Waals surface area contributed by atoms with E-state index in [2.05, 4.69) is 5.16 Å². The van der Waals surface area contributed by atoms with Crippen LogP contribution in [0.2, 0.25) is 0 Å². The molecule has 1 unspecified atom stereocenters. The predicted molar refractivity (Wildman–Crippen MR) is 86.1 cm³/mol. The van der Waals surface area contributed by atoms with E-state index in [0.29, 0.717) is 18.0 Å². The number of aliphatic hydroxyl groups excluding tert-OH is 1. The van der Waals surface area contributed by atoms with Crippen molar-refractivity contribution in [1.82, 2.24) is 10.1 Å². The number of carbonyl (C=O) groups excluding carboxylic acids is 1. The second-order valence-corrected chi connectivity index (χ2v) is 5.54. The number of amides is 1. The number of aryl methyl sites for hydroxylation is 1. The first kappa shape index (κ1) is 16.0. The summed E-state index contributed by atoms with van der Waals surface area (Å²) in [4.78, 5) is 14.2. The molecule has 1 atom stereocenters. The van der Waals surface area contributed by atoms with Crippen LogP contribution in [0, 0.1) is 6.92 Å². The number of hydrogen-bond donors (Lipinski definition) is 1. The summed E-state index contributed by atoms with van der Waals surface area (Å²) in [7, 11) is 0. The zero-order chi connectivity index (χ0) is 16.9.